The summed E-state index contributed by atoms with van der Waals surface area (Å²) < 4.78 is 31.2. The molecule has 0 bridgehead atoms. The highest BCUT2D eigenvalue weighted by Gasteiger charge is 2.16. The maximum atomic E-state index is 12.3. The van der Waals surface area contributed by atoms with E-state index in [1.807, 2.05) is 0 Å². The Morgan fingerprint density at radius 3 is 2.14 bits per heavy atom. The van der Waals surface area contributed by atoms with Crippen molar-refractivity contribution >= 4 is 5.97 Å². The van der Waals surface area contributed by atoms with E-state index in [1.165, 1.54) is 27.4 Å². The minimum Gasteiger partial charge on any atom is -0.493 e. The van der Waals surface area contributed by atoms with Gasteiger partial charge in [-0.2, -0.15) is 4.98 Å². The van der Waals surface area contributed by atoms with Gasteiger partial charge in [-0.15, -0.1) is 0 Å². The molecular weight excluding hydrogens is 380 g/mol. The van der Waals surface area contributed by atoms with Crippen LogP contribution in [0.2, 0.25) is 0 Å². The second-order valence-corrected chi connectivity index (χ2v) is 5.73. The molecule has 0 spiro atoms. The Balaban J connectivity index is 1.68. The Morgan fingerprint density at radius 1 is 0.862 bits per heavy atom. The van der Waals surface area contributed by atoms with E-state index in [-0.39, 0.29) is 12.5 Å². The van der Waals surface area contributed by atoms with E-state index in [0.717, 1.165) is 0 Å². The number of esters is 1. The van der Waals surface area contributed by atoms with Crippen LogP contribution in [0.15, 0.2) is 40.9 Å². The summed E-state index contributed by atoms with van der Waals surface area (Å²) in [6, 6.07) is 9.96. The maximum absolute atomic E-state index is 12.3. The fraction of sp³-hybridized carbons (Fsp3) is 0.250. The number of carbonyl (C=O) groups excluding carboxylic acids is 1. The van der Waals surface area contributed by atoms with Gasteiger partial charge in [0.2, 0.25) is 5.82 Å². The number of hydrogen-bond acceptors (Lipinski definition) is 9. The highest BCUT2D eigenvalue weighted by molar-refractivity contribution is 5.90. The van der Waals surface area contributed by atoms with Crippen molar-refractivity contribution in [2.45, 2.75) is 6.61 Å². The molecule has 3 rings (SSSR count). The molecule has 0 atom stereocenters. The van der Waals surface area contributed by atoms with Gasteiger partial charge in [0.15, 0.2) is 29.6 Å². The highest BCUT2D eigenvalue weighted by Crippen LogP contribution is 2.31. The van der Waals surface area contributed by atoms with Crippen LogP contribution >= 0.6 is 0 Å². The molecule has 0 radical (unpaired) electrons. The van der Waals surface area contributed by atoms with Crippen molar-refractivity contribution < 1.29 is 33.0 Å². The van der Waals surface area contributed by atoms with Gasteiger partial charge in [-0.1, -0.05) is 5.16 Å². The van der Waals surface area contributed by atoms with Crippen LogP contribution in [0.1, 0.15) is 16.2 Å². The fourth-order valence-corrected chi connectivity index (χ4v) is 2.58. The summed E-state index contributed by atoms with van der Waals surface area (Å²) in [5, 5.41) is 3.91. The van der Waals surface area contributed by atoms with Crippen LogP contribution in [0, 0.1) is 0 Å². The standard InChI is InChI=1S/C20H20N2O7/c1-24-14-7-5-12(9-16(14)26-3)19-21-18(29-22-19)11-28-20(23)13-6-8-15(25-2)17(10-13)27-4/h5-10H,11H2,1-4H3. The first-order valence-electron chi connectivity index (χ1n) is 8.53. The maximum Gasteiger partial charge on any atom is 0.338 e. The monoisotopic (exact) mass is 400 g/mol. The third kappa shape index (κ3) is 4.40. The number of rotatable bonds is 8. The first kappa shape index (κ1) is 20.0. The van der Waals surface area contributed by atoms with Crippen LogP contribution in [-0.4, -0.2) is 44.5 Å². The third-order valence-corrected chi connectivity index (χ3v) is 4.06. The summed E-state index contributed by atoms with van der Waals surface area (Å²) >= 11 is 0. The summed E-state index contributed by atoms with van der Waals surface area (Å²) in [6.45, 7) is -0.173. The lowest BCUT2D eigenvalue weighted by Crippen LogP contribution is -2.06. The average molecular weight is 400 g/mol. The largest absolute Gasteiger partial charge is 0.493 e. The number of hydrogen-bond donors (Lipinski definition) is 0. The van der Waals surface area contributed by atoms with Gasteiger partial charge in [0, 0.05) is 5.56 Å². The van der Waals surface area contributed by atoms with Gasteiger partial charge < -0.3 is 28.2 Å². The molecule has 3 aromatic rings. The Morgan fingerprint density at radius 2 is 1.48 bits per heavy atom. The van der Waals surface area contributed by atoms with Crippen LogP contribution in [0.25, 0.3) is 11.4 Å². The van der Waals surface area contributed by atoms with Gasteiger partial charge in [0.25, 0.3) is 5.89 Å². The van der Waals surface area contributed by atoms with Crippen LogP contribution in [0.5, 0.6) is 23.0 Å². The molecule has 1 aromatic heterocycles. The zero-order valence-electron chi connectivity index (χ0n) is 16.4. The predicted octanol–water partition coefficient (Wildman–Crippen LogP) is 3.13. The Kier molecular flexibility index (Phi) is 6.18. The Bertz CT molecular complexity index is 1000. The van der Waals surface area contributed by atoms with E-state index in [1.54, 1.807) is 37.4 Å². The molecule has 2 aromatic carbocycles. The predicted molar refractivity (Wildman–Crippen MR) is 102 cm³/mol. The summed E-state index contributed by atoms with van der Waals surface area (Å²) in [5.41, 5.74) is 0.978. The lowest BCUT2D eigenvalue weighted by molar-refractivity contribution is 0.0429. The van der Waals surface area contributed by atoms with E-state index in [0.29, 0.717) is 39.9 Å². The van der Waals surface area contributed by atoms with Crippen LogP contribution < -0.4 is 18.9 Å². The van der Waals surface area contributed by atoms with E-state index >= 15 is 0 Å². The van der Waals surface area contributed by atoms with Gasteiger partial charge in [-0.25, -0.2) is 4.79 Å². The SMILES string of the molecule is COc1ccc(C(=O)OCc2nc(-c3ccc(OC)c(OC)c3)no2)cc1OC. The molecule has 9 heteroatoms. The minimum absolute atomic E-state index is 0.156. The van der Waals surface area contributed by atoms with Crippen LogP contribution in [0.4, 0.5) is 0 Å². The number of methoxy groups -OCH3 is 4. The van der Waals surface area contributed by atoms with Crippen molar-refractivity contribution in [3.63, 3.8) is 0 Å². The average Bonchev–Trinajstić information content (AvgIpc) is 3.25. The van der Waals surface area contributed by atoms with Gasteiger partial charge in [0.1, 0.15) is 0 Å². The van der Waals surface area contributed by atoms with E-state index in [2.05, 4.69) is 10.1 Å². The minimum atomic E-state index is -0.559. The highest BCUT2D eigenvalue weighted by atomic mass is 16.6. The zero-order chi connectivity index (χ0) is 20.8. The van der Waals surface area contributed by atoms with Crippen molar-refractivity contribution in [3.05, 3.63) is 47.9 Å². The summed E-state index contributed by atoms with van der Waals surface area (Å²) in [7, 11) is 6.09. The summed E-state index contributed by atoms with van der Waals surface area (Å²) in [5.74, 6) is 2.00. The van der Waals surface area contributed by atoms with E-state index < -0.39 is 5.97 Å². The zero-order valence-corrected chi connectivity index (χ0v) is 16.4. The van der Waals surface area contributed by atoms with Crippen molar-refractivity contribution in [2.75, 3.05) is 28.4 Å². The van der Waals surface area contributed by atoms with Crippen LogP contribution in [-0.2, 0) is 11.3 Å². The molecule has 9 nitrogen and oxygen atoms in total. The quantitative estimate of drug-likeness (QED) is 0.528. The fourth-order valence-electron chi connectivity index (χ4n) is 2.58. The Hall–Kier alpha value is -3.75. The molecule has 1 heterocycles. The Labute approximate surface area is 167 Å². The molecule has 0 amide bonds. The molecule has 0 aliphatic heterocycles. The van der Waals surface area contributed by atoms with Gasteiger partial charge in [-0.05, 0) is 36.4 Å². The molecule has 0 aliphatic rings. The van der Waals surface area contributed by atoms with Crippen molar-refractivity contribution in [2.24, 2.45) is 0 Å². The lowest BCUT2D eigenvalue weighted by Gasteiger charge is -2.09. The molecule has 0 saturated heterocycles. The van der Waals surface area contributed by atoms with Gasteiger partial charge in [-0.3, -0.25) is 0 Å². The molecule has 152 valence electrons. The molecule has 0 N–H and O–H groups in total. The van der Waals surface area contributed by atoms with Crippen molar-refractivity contribution in [3.8, 4) is 34.4 Å². The normalized spacial score (nSPS) is 10.3. The number of benzene rings is 2. The second kappa shape index (κ2) is 8.96. The molecule has 0 saturated carbocycles. The topological polar surface area (TPSA) is 102 Å². The van der Waals surface area contributed by atoms with Crippen molar-refractivity contribution in [1.29, 1.82) is 0 Å². The number of carbonyl (C=O) groups is 1. The molecule has 29 heavy (non-hydrogen) atoms. The van der Waals surface area contributed by atoms with Crippen LogP contribution in [0.3, 0.4) is 0 Å². The summed E-state index contributed by atoms with van der Waals surface area (Å²) in [4.78, 5) is 16.5. The van der Waals surface area contributed by atoms with Crippen molar-refractivity contribution in [1.82, 2.24) is 10.1 Å². The molecular formula is C20H20N2O7. The smallest absolute Gasteiger partial charge is 0.338 e. The molecule has 0 fully saturated rings. The lowest BCUT2D eigenvalue weighted by atomic mass is 10.2. The van der Waals surface area contributed by atoms with E-state index in [9.17, 15) is 4.79 Å². The van der Waals surface area contributed by atoms with Gasteiger partial charge in [0.05, 0.1) is 34.0 Å². The van der Waals surface area contributed by atoms with Gasteiger partial charge >= 0.3 is 5.97 Å². The first-order chi connectivity index (χ1) is 14.1. The second-order valence-electron chi connectivity index (χ2n) is 5.73. The number of nitrogens with zero attached hydrogens (tertiary/aromatic N) is 2. The molecule has 0 unspecified atom stereocenters. The summed E-state index contributed by atoms with van der Waals surface area (Å²) in [6.07, 6.45) is 0. The third-order valence-electron chi connectivity index (χ3n) is 4.06. The first-order valence-corrected chi connectivity index (χ1v) is 8.53. The number of aromatic nitrogens is 2. The molecule has 0 aliphatic carbocycles. The van der Waals surface area contributed by atoms with E-state index in [4.69, 9.17) is 28.2 Å². The number of ether oxygens (including phenoxy) is 5.